The highest BCUT2D eigenvalue weighted by Gasteiger charge is 2.26. The molecule has 0 bridgehead atoms. The molecule has 1 atom stereocenters. The van der Waals surface area contributed by atoms with E-state index in [4.69, 9.17) is 11.6 Å². The maximum atomic E-state index is 13.6. The molecule has 2 aromatic carbocycles. The fourth-order valence-corrected chi connectivity index (χ4v) is 3.49. The average Bonchev–Trinajstić information content (AvgIpc) is 2.44. The number of benzene rings is 2. The minimum atomic E-state index is -4.38. The van der Waals surface area contributed by atoms with Gasteiger partial charge in [-0.05, 0) is 30.7 Å². The summed E-state index contributed by atoms with van der Waals surface area (Å²) in [6.07, 6.45) is 0. The minimum absolute atomic E-state index is 0.323. The zero-order chi connectivity index (χ0) is 16.5. The normalized spacial score (nSPS) is 13.1. The molecule has 0 heterocycles. The summed E-state index contributed by atoms with van der Waals surface area (Å²) in [7, 11) is -4.38. The Labute approximate surface area is 130 Å². The van der Waals surface area contributed by atoms with E-state index >= 15 is 0 Å². The summed E-state index contributed by atoms with van der Waals surface area (Å²) in [5.74, 6) is -5.07. The molecule has 0 aliphatic heterocycles. The molecule has 0 aromatic heterocycles. The van der Waals surface area contributed by atoms with Crippen LogP contribution in [0.2, 0.25) is 5.02 Å². The van der Waals surface area contributed by atoms with Gasteiger partial charge in [0.15, 0.2) is 17.5 Å². The van der Waals surface area contributed by atoms with Crippen LogP contribution < -0.4 is 4.72 Å². The quantitative estimate of drug-likeness (QED) is 0.853. The fraction of sp³-hybridized carbons (Fsp3) is 0.143. The van der Waals surface area contributed by atoms with Crippen molar-refractivity contribution in [3.05, 3.63) is 64.4 Å². The molecule has 0 radical (unpaired) electrons. The van der Waals surface area contributed by atoms with Crippen molar-refractivity contribution in [2.45, 2.75) is 17.9 Å². The summed E-state index contributed by atoms with van der Waals surface area (Å²) >= 11 is 5.95. The Morgan fingerprint density at radius 1 is 1.05 bits per heavy atom. The zero-order valence-electron chi connectivity index (χ0n) is 11.3. The number of sulfonamides is 1. The first-order valence-corrected chi connectivity index (χ1v) is 8.00. The van der Waals surface area contributed by atoms with E-state index in [9.17, 15) is 21.6 Å². The first kappa shape index (κ1) is 16.8. The van der Waals surface area contributed by atoms with Crippen LogP contribution in [0.5, 0.6) is 0 Å². The number of hydrogen-bond donors (Lipinski definition) is 1. The van der Waals surface area contributed by atoms with Crippen molar-refractivity contribution in [2.24, 2.45) is 0 Å². The second-order valence-electron chi connectivity index (χ2n) is 4.54. The zero-order valence-corrected chi connectivity index (χ0v) is 12.9. The Bertz CT molecular complexity index is 812. The van der Waals surface area contributed by atoms with Crippen molar-refractivity contribution >= 4 is 21.6 Å². The number of halogens is 4. The molecule has 1 N–H and O–H groups in total. The van der Waals surface area contributed by atoms with Gasteiger partial charge in [0.1, 0.15) is 4.90 Å². The van der Waals surface area contributed by atoms with E-state index in [-0.39, 0.29) is 0 Å². The van der Waals surface area contributed by atoms with Crippen LogP contribution in [0.1, 0.15) is 18.5 Å². The highest BCUT2D eigenvalue weighted by molar-refractivity contribution is 7.89. The predicted octanol–water partition coefficient (Wildman–Crippen LogP) is 3.80. The van der Waals surface area contributed by atoms with Gasteiger partial charge in [-0.3, -0.25) is 0 Å². The van der Waals surface area contributed by atoms with E-state index < -0.39 is 38.4 Å². The monoisotopic (exact) mass is 349 g/mol. The molecule has 0 saturated heterocycles. The van der Waals surface area contributed by atoms with Crippen molar-refractivity contribution in [2.75, 3.05) is 0 Å². The van der Waals surface area contributed by atoms with Gasteiger partial charge in [0, 0.05) is 11.1 Å². The van der Waals surface area contributed by atoms with Crippen LogP contribution in [0, 0.1) is 17.5 Å². The maximum absolute atomic E-state index is 13.6. The molecule has 118 valence electrons. The summed E-state index contributed by atoms with van der Waals surface area (Å²) in [6.45, 7) is 1.50. The maximum Gasteiger partial charge on any atom is 0.244 e. The number of nitrogens with one attached hydrogen (secondary N) is 1. The molecule has 3 nitrogen and oxygen atoms in total. The topological polar surface area (TPSA) is 46.2 Å². The molecule has 2 rings (SSSR count). The SMILES string of the molecule is C[C@@H](NS(=O)(=O)c1ccc(F)c(F)c1F)c1ccccc1Cl. The van der Waals surface area contributed by atoms with Gasteiger partial charge in [-0.15, -0.1) is 0 Å². The van der Waals surface area contributed by atoms with E-state index in [1.807, 2.05) is 0 Å². The molecule has 22 heavy (non-hydrogen) atoms. The van der Waals surface area contributed by atoms with Crippen molar-refractivity contribution in [3.8, 4) is 0 Å². The lowest BCUT2D eigenvalue weighted by molar-refractivity contribution is 0.431. The van der Waals surface area contributed by atoms with Gasteiger partial charge >= 0.3 is 0 Å². The summed E-state index contributed by atoms with van der Waals surface area (Å²) in [5, 5.41) is 0.323. The van der Waals surface area contributed by atoms with E-state index in [2.05, 4.69) is 4.72 Å². The highest BCUT2D eigenvalue weighted by Crippen LogP contribution is 2.25. The summed E-state index contributed by atoms with van der Waals surface area (Å²) in [5.41, 5.74) is 0.468. The van der Waals surface area contributed by atoms with Crippen LogP contribution >= 0.6 is 11.6 Å². The first-order valence-electron chi connectivity index (χ1n) is 6.14. The highest BCUT2D eigenvalue weighted by atomic mass is 35.5. The molecule has 0 unspecified atom stereocenters. The molecule has 2 aromatic rings. The number of hydrogen-bond acceptors (Lipinski definition) is 2. The fourth-order valence-electron chi connectivity index (χ4n) is 1.90. The lowest BCUT2D eigenvalue weighted by Crippen LogP contribution is -2.28. The molecule has 0 amide bonds. The van der Waals surface area contributed by atoms with E-state index in [0.717, 1.165) is 0 Å². The van der Waals surface area contributed by atoms with Gasteiger partial charge in [0.05, 0.1) is 0 Å². The van der Waals surface area contributed by atoms with Gasteiger partial charge in [-0.25, -0.2) is 26.3 Å². The smallest absolute Gasteiger partial charge is 0.207 e. The van der Waals surface area contributed by atoms with Crippen molar-refractivity contribution in [1.82, 2.24) is 4.72 Å². The Hall–Kier alpha value is -1.57. The Balaban J connectivity index is 2.37. The molecule has 0 saturated carbocycles. The molecule has 0 aliphatic rings. The van der Waals surface area contributed by atoms with Crippen LogP contribution in [0.15, 0.2) is 41.3 Å². The minimum Gasteiger partial charge on any atom is -0.207 e. The summed E-state index contributed by atoms with van der Waals surface area (Å²) < 4.78 is 66.1. The lowest BCUT2D eigenvalue weighted by atomic mass is 10.1. The van der Waals surface area contributed by atoms with Gasteiger partial charge in [0.25, 0.3) is 0 Å². The molecular formula is C14H11ClF3NO2S. The van der Waals surface area contributed by atoms with Crippen molar-refractivity contribution in [3.63, 3.8) is 0 Å². The molecular weight excluding hydrogens is 339 g/mol. The molecule has 0 spiro atoms. The third kappa shape index (κ3) is 3.26. The van der Waals surface area contributed by atoms with Crippen molar-refractivity contribution < 1.29 is 21.6 Å². The van der Waals surface area contributed by atoms with Crippen LogP contribution in [0.25, 0.3) is 0 Å². The lowest BCUT2D eigenvalue weighted by Gasteiger charge is -2.16. The van der Waals surface area contributed by atoms with Gasteiger partial charge in [-0.1, -0.05) is 29.8 Å². The third-order valence-corrected chi connectivity index (χ3v) is 4.90. The summed E-state index contributed by atoms with van der Waals surface area (Å²) in [6, 6.07) is 6.91. The third-order valence-electron chi connectivity index (χ3n) is 2.99. The Morgan fingerprint density at radius 2 is 1.68 bits per heavy atom. The number of rotatable bonds is 4. The van der Waals surface area contributed by atoms with Crippen LogP contribution in [0.3, 0.4) is 0 Å². The van der Waals surface area contributed by atoms with Gasteiger partial charge < -0.3 is 0 Å². The van der Waals surface area contributed by atoms with Crippen LogP contribution in [-0.2, 0) is 10.0 Å². The second-order valence-corrected chi connectivity index (χ2v) is 6.63. The average molecular weight is 350 g/mol. The Morgan fingerprint density at radius 3 is 2.32 bits per heavy atom. The standard InChI is InChI=1S/C14H11ClF3NO2S/c1-8(9-4-2-3-5-10(9)15)19-22(20,21)12-7-6-11(16)13(17)14(12)18/h2-8,19H,1H3/t8-/m1/s1. The van der Waals surface area contributed by atoms with Crippen molar-refractivity contribution in [1.29, 1.82) is 0 Å². The predicted molar refractivity (Wildman–Crippen MR) is 76.5 cm³/mol. The van der Waals surface area contributed by atoms with Crippen LogP contribution in [0.4, 0.5) is 13.2 Å². The van der Waals surface area contributed by atoms with E-state index in [0.29, 0.717) is 22.7 Å². The Kier molecular flexibility index (Phi) is 4.79. The summed E-state index contributed by atoms with van der Waals surface area (Å²) in [4.78, 5) is -0.967. The molecule has 0 fully saturated rings. The van der Waals surface area contributed by atoms with Crippen LogP contribution in [-0.4, -0.2) is 8.42 Å². The molecule has 0 aliphatic carbocycles. The van der Waals surface area contributed by atoms with E-state index in [1.165, 1.54) is 6.92 Å². The van der Waals surface area contributed by atoms with Gasteiger partial charge in [0.2, 0.25) is 10.0 Å². The molecule has 8 heteroatoms. The largest absolute Gasteiger partial charge is 0.244 e. The second kappa shape index (κ2) is 6.28. The first-order chi connectivity index (χ1) is 10.2. The van der Waals surface area contributed by atoms with Gasteiger partial charge in [-0.2, -0.15) is 0 Å². The van der Waals surface area contributed by atoms with E-state index in [1.54, 1.807) is 24.3 Å².